The van der Waals surface area contributed by atoms with Crippen molar-refractivity contribution in [3.63, 3.8) is 0 Å². The monoisotopic (exact) mass is 353 g/mol. The quantitative estimate of drug-likeness (QED) is 0.845. The summed E-state index contributed by atoms with van der Waals surface area (Å²) in [5, 5.41) is 7.71. The molecular weight excluding hydrogens is 326 g/mol. The van der Waals surface area contributed by atoms with Gasteiger partial charge in [-0.25, -0.2) is 4.68 Å². The molecular formula is C20H27N5O. The third-order valence-corrected chi connectivity index (χ3v) is 5.77. The zero-order valence-electron chi connectivity index (χ0n) is 15.3. The number of hydrogen-bond donors (Lipinski definition) is 0. The number of piperidine rings is 2. The van der Waals surface area contributed by atoms with Gasteiger partial charge in [0.05, 0.1) is 6.20 Å². The van der Waals surface area contributed by atoms with Crippen LogP contribution in [0.25, 0.3) is 0 Å². The van der Waals surface area contributed by atoms with Crippen molar-refractivity contribution in [2.45, 2.75) is 38.8 Å². The predicted molar refractivity (Wildman–Crippen MR) is 99.2 cm³/mol. The molecule has 26 heavy (non-hydrogen) atoms. The van der Waals surface area contributed by atoms with E-state index in [1.807, 2.05) is 0 Å². The van der Waals surface area contributed by atoms with Crippen molar-refractivity contribution in [1.82, 2.24) is 24.8 Å². The normalized spacial score (nSPS) is 24.1. The third kappa shape index (κ3) is 3.96. The summed E-state index contributed by atoms with van der Waals surface area (Å²) in [6.07, 6.45) is 8.14. The Kier molecular flexibility index (Phi) is 5.02. The number of rotatable bonds is 4. The Morgan fingerprint density at radius 3 is 2.65 bits per heavy atom. The molecule has 1 amide bonds. The van der Waals surface area contributed by atoms with E-state index in [0.29, 0.717) is 6.54 Å². The molecule has 0 aliphatic carbocycles. The zero-order chi connectivity index (χ0) is 17.8. The van der Waals surface area contributed by atoms with Crippen LogP contribution in [0.15, 0.2) is 42.7 Å². The molecule has 2 saturated heterocycles. The van der Waals surface area contributed by atoms with Gasteiger partial charge >= 0.3 is 0 Å². The maximum atomic E-state index is 12.7. The van der Waals surface area contributed by atoms with Gasteiger partial charge < -0.3 is 4.90 Å². The van der Waals surface area contributed by atoms with Crippen LogP contribution in [0.4, 0.5) is 0 Å². The largest absolute Gasteiger partial charge is 0.340 e. The van der Waals surface area contributed by atoms with E-state index < -0.39 is 0 Å². The minimum absolute atomic E-state index is 0.162. The van der Waals surface area contributed by atoms with Gasteiger partial charge in [-0.05, 0) is 37.8 Å². The lowest BCUT2D eigenvalue weighted by molar-refractivity contribution is -0.136. The van der Waals surface area contributed by atoms with Crippen LogP contribution in [-0.4, -0.2) is 56.9 Å². The van der Waals surface area contributed by atoms with Gasteiger partial charge in [0, 0.05) is 37.8 Å². The summed E-state index contributed by atoms with van der Waals surface area (Å²) in [6, 6.07) is 10.7. The molecule has 0 unspecified atom stereocenters. The predicted octanol–water partition coefficient (Wildman–Crippen LogP) is 2.18. The summed E-state index contributed by atoms with van der Waals surface area (Å²) in [5.41, 5.74) is 1.63. The molecule has 6 heteroatoms. The molecule has 2 aliphatic heterocycles. The van der Waals surface area contributed by atoms with Crippen LogP contribution in [0, 0.1) is 5.41 Å². The number of likely N-dealkylation sites (tertiary alicyclic amines) is 2. The molecule has 138 valence electrons. The van der Waals surface area contributed by atoms with Gasteiger partial charge in [0.2, 0.25) is 5.91 Å². The Morgan fingerprint density at radius 2 is 1.88 bits per heavy atom. The SMILES string of the molecule is O=C(Cn1ccnn1)N1CCC[C@]2(CCCN(Cc3ccccc3)C2)C1. The van der Waals surface area contributed by atoms with Gasteiger partial charge in [-0.2, -0.15) is 0 Å². The maximum absolute atomic E-state index is 12.7. The number of carbonyl (C=O) groups is 1. The Labute approximate surface area is 154 Å². The minimum atomic E-state index is 0.162. The lowest BCUT2D eigenvalue weighted by Crippen LogP contribution is -2.53. The molecule has 4 rings (SSSR count). The van der Waals surface area contributed by atoms with Crippen LogP contribution in [0.1, 0.15) is 31.2 Å². The fourth-order valence-electron chi connectivity index (χ4n) is 4.60. The standard InChI is InChI=1S/C20H27N5O/c26-19(15-25-13-10-21-22-25)24-12-5-9-20(17-24)8-4-11-23(16-20)14-18-6-2-1-3-7-18/h1-3,6-7,10,13H,4-5,8-9,11-12,14-17H2/t20-/m0/s1. The fraction of sp³-hybridized carbons (Fsp3) is 0.550. The van der Waals surface area contributed by atoms with E-state index in [4.69, 9.17) is 0 Å². The van der Waals surface area contributed by atoms with Crippen molar-refractivity contribution in [1.29, 1.82) is 0 Å². The van der Waals surface area contributed by atoms with Crippen LogP contribution in [-0.2, 0) is 17.9 Å². The highest BCUT2D eigenvalue weighted by atomic mass is 16.2. The van der Waals surface area contributed by atoms with E-state index >= 15 is 0 Å². The zero-order valence-corrected chi connectivity index (χ0v) is 15.3. The first kappa shape index (κ1) is 17.2. The van der Waals surface area contributed by atoms with E-state index in [2.05, 4.69) is 50.4 Å². The lowest BCUT2D eigenvalue weighted by atomic mass is 9.73. The van der Waals surface area contributed by atoms with Crippen molar-refractivity contribution in [2.24, 2.45) is 5.41 Å². The number of hydrogen-bond acceptors (Lipinski definition) is 4. The summed E-state index contributed by atoms with van der Waals surface area (Å²) in [4.78, 5) is 17.3. The topological polar surface area (TPSA) is 54.3 Å². The molecule has 1 aromatic carbocycles. The first-order valence-corrected chi connectivity index (χ1v) is 9.61. The van der Waals surface area contributed by atoms with Crippen LogP contribution < -0.4 is 0 Å². The molecule has 0 radical (unpaired) electrons. The second-order valence-electron chi connectivity index (χ2n) is 7.82. The van der Waals surface area contributed by atoms with Crippen LogP contribution in [0.3, 0.4) is 0 Å². The highest BCUT2D eigenvalue weighted by Gasteiger charge is 2.40. The molecule has 6 nitrogen and oxygen atoms in total. The number of benzene rings is 1. The van der Waals surface area contributed by atoms with Gasteiger partial charge in [0.15, 0.2) is 0 Å². The smallest absolute Gasteiger partial charge is 0.244 e. The van der Waals surface area contributed by atoms with Crippen molar-refractivity contribution >= 4 is 5.91 Å². The number of nitrogens with zero attached hydrogens (tertiary/aromatic N) is 5. The van der Waals surface area contributed by atoms with Crippen LogP contribution >= 0.6 is 0 Å². The van der Waals surface area contributed by atoms with Gasteiger partial charge in [-0.15, -0.1) is 5.10 Å². The molecule has 0 N–H and O–H groups in total. The molecule has 2 fully saturated rings. The molecule has 1 spiro atoms. The van der Waals surface area contributed by atoms with E-state index in [0.717, 1.165) is 39.1 Å². The lowest BCUT2D eigenvalue weighted by Gasteiger charge is -2.48. The van der Waals surface area contributed by atoms with E-state index in [9.17, 15) is 4.79 Å². The van der Waals surface area contributed by atoms with Gasteiger partial charge in [0.25, 0.3) is 0 Å². The number of carbonyl (C=O) groups excluding carboxylic acids is 1. The molecule has 1 atom stereocenters. The third-order valence-electron chi connectivity index (χ3n) is 5.77. The molecule has 0 saturated carbocycles. The fourth-order valence-corrected chi connectivity index (χ4v) is 4.60. The van der Waals surface area contributed by atoms with E-state index in [-0.39, 0.29) is 11.3 Å². The Hall–Kier alpha value is -2.21. The highest BCUT2D eigenvalue weighted by molar-refractivity contribution is 5.76. The highest BCUT2D eigenvalue weighted by Crippen LogP contribution is 2.39. The Morgan fingerprint density at radius 1 is 1.08 bits per heavy atom. The van der Waals surface area contributed by atoms with Crippen molar-refractivity contribution in [3.05, 3.63) is 48.3 Å². The maximum Gasteiger partial charge on any atom is 0.244 e. The summed E-state index contributed by atoms with van der Waals surface area (Å²) in [6.45, 7) is 5.30. The average Bonchev–Trinajstić information content (AvgIpc) is 3.16. The molecule has 3 heterocycles. The summed E-state index contributed by atoms with van der Waals surface area (Å²) < 4.78 is 1.62. The van der Waals surface area contributed by atoms with Crippen molar-refractivity contribution in [2.75, 3.05) is 26.2 Å². The first-order valence-electron chi connectivity index (χ1n) is 9.61. The average molecular weight is 353 g/mol. The first-order chi connectivity index (χ1) is 12.7. The van der Waals surface area contributed by atoms with Gasteiger partial charge in [-0.3, -0.25) is 9.69 Å². The molecule has 0 bridgehead atoms. The van der Waals surface area contributed by atoms with Crippen LogP contribution in [0.2, 0.25) is 0 Å². The summed E-state index contributed by atoms with van der Waals surface area (Å²) in [7, 11) is 0. The second kappa shape index (κ2) is 7.58. The summed E-state index contributed by atoms with van der Waals surface area (Å²) in [5.74, 6) is 0.162. The summed E-state index contributed by atoms with van der Waals surface area (Å²) >= 11 is 0. The second-order valence-corrected chi connectivity index (χ2v) is 7.82. The molecule has 2 aliphatic rings. The molecule has 1 aromatic heterocycles. The van der Waals surface area contributed by atoms with Crippen LogP contribution in [0.5, 0.6) is 0 Å². The van der Waals surface area contributed by atoms with Gasteiger partial charge in [0.1, 0.15) is 6.54 Å². The molecule has 2 aromatic rings. The van der Waals surface area contributed by atoms with Gasteiger partial charge in [-0.1, -0.05) is 35.5 Å². The Bertz CT molecular complexity index is 713. The number of amides is 1. The van der Waals surface area contributed by atoms with E-state index in [1.54, 1.807) is 17.1 Å². The number of aromatic nitrogens is 3. The minimum Gasteiger partial charge on any atom is -0.340 e. The van der Waals surface area contributed by atoms with Crippen molar-refractivity contribution < 1.29 is 4.79 Å². The van der Waals surface area contributed by atoms with Crippen molar-refractivity contribution in [3.8, 4) is 0 Å². The van der Waals surface area contributed by atoms with E-state index in [1.165, 1.54) is 24.8 Å². The Balaban J connectivity index is 1.39.